The van der Waals surface area contributed by atoms with Gasteiger partial charge in [-0.2, -0.15) is 0 Å². The van der Waals surface area contributed by atoms with Gasteiger partial charge in [-0.15, -0.1) is 0 Å². The minimum absolute atomic E-state index is 0.0247. The third kappa shape index (κ3) is 6.85. The number of ether oxygens (including phenoxy) is 3. The largest absolute Gasteiger partial charge is 0.484 e. The monoisotopic (exact) mass is 551 g/mol. The van der Waals surface area contributed by atoms with Crippen molar-refractivity contribution in [1.82, 2.24) is 10.6 Å². The Labute approximate surface area is 224 Å². The van der Waals surface area contributed by atoms with Gasteiger partial charge in [-0.05, 0) is 50.3 Å². The molecule has 2 atom stereocenters. The van der Waals surface area contributed by atoms with Crippen molar-refractivity contribution in [3.8, 4) is 11.5 Å². The van der Waals surface area contributed by atoms with Crippen molar-refractivity contribution >= 4 is 40.7 Å². The van der Waals surface area contributed by atoms with Crippen LogP contribution >= 0.6 is 23.2 Å². The van der Waals surface area contributed by atoms with Crippen LogP contribution < -0.4 is 25.0 Å². The molecule has 2 aromatic carbocycles. The van der Waals surface area contributed by atoms with E-state index < -0.39 is 23.4 Å². The Kier molecular flexibility index (Phi) is 8.16. The predicted molar refractivity (Wildman–Crippen MR) is 139 cm³/mol. The molecule has 8 nitrogen and oxygen atoms in total. The van der Waals surface area contributed by atoms with Gasteiger partial charge < -0.3 is 29.7 Å². The van der Waals surface area contributed by atoms with Gasteiger partial charge in [0.25, 0.3) is 11.8 Å². The molecule has 4 rings (SSSR count). The second-order valence-corrected chi connectivity index (χ2v) is 10.3. The summed E-state index contributed by atoms with van der Waals surface area (Å²) in [5, 5.41) is 6.20. The van der Waals surface area contributed by atoms with Crippen molar-refractivity contribution in [2.24, 2.45) is 0 Å². The van der Waals surface area contributed by atoms with Gasteiger partial charge in [0.2, 0.25) is 0 Å². The number of carbonyl (C=O) groups is 2. The van der Waals surface area contributed by atoms with Crippen LogP contribution in [0.5, 0.6) is 11.5 Å². The van der Waals surface area contributed by atoms with E-state index in [0.717, 1.165) is 11.8 Å². The van der Waals surface area contributed by atoms with E-state index in [0.29, 0.717) is 36.0 Å². The Morgan fingerprint density at radius 1 is 1.22 bits per heavy atom. The maximum absolute atomic E-state index is 13.5. The molecular formula is C26H28Cl2FN3O5. The molecule has 1 aliphatic heterocycles. The summed E-state index contributed by atoms with van der Waals surface area (Å²) in [5.74, 6) is -0.516. The first-order valence-corrected chi connectivity index (χ1v) is 12.4. The molecule has 1 aliphatic carbocycles. The molecule has 2 amide bonds. The summed E-state index contributed by atoms with van der Waals surface area (Å²) in [4.78, 5) is 27.2. The number of nitrogens with zero attached hydrogens (tertiary/aromatic N) is 1. The van der Waals surface area contributed by atoms with E-state index in [-0.39, 0.29) is 29.3 Å². The molecule has 0 fully saturated rings. The molecule has 1 unspecified atom stereocenters. The Balaban J connectivity index is 1.30. The lowest BCUT2D eigenvalue weighted by molar-refractivity contribution is -0.128. The van der Waals surface area contributed by atoms with E-state index in [1.807, 2.05) is 24.8 Å². The fourth-order valence-corrected chi connectivity index (χ4v) is 4.26. The molecule has 37 heavy (non-hydrogen) atoms. The number of hydrogen-bond acceptors (Lipinski definition) is 6. The van der Waals surface area contributed by atoms with E-state index >= 15 is 0 Å². The smallest absolute Gasteiger partial charge is 0.263 e. The molecule has 11 heteroatoms. The molecule has 0 spiro atoms. The Bertz CT molecular complexity index is 1220. The number of carbonyl (C=O) groups excluding carboxylic acids is 2. The standard InChI is InChI=1S/C26H28Cl2FN3O5/c1-26(2,35-3)14-32-12-23(37-22-7-4-15(27)8-21(22)32)25(34)31-17-9-16(10-17)30-24(33)13-36-18-5-6-19(28)20(29)11-18/h4-9,11,17,23H,10,12-14H2,1-3H3,(H,30,33)(H,31,34)/t17?,23-/m0/s1. The third-order valence-corrected chi connectivity index (χ3v) is 6.61. The van der Waals surface area contributed by atoms with Gasteiger partial charge in [0.1, 0.15) is 17.3 Å². The summed E-state index contributed by atoms with van der Waals surface area (Å²) in [7, 11) is 1.65. The van der Waals surface area contributed by atoms with Crippen LogP contribution in [-0.4, -0.2) is 56.4 Å². The second-order valence-electron chi connectivity index (χ2n) is 9.49. The molecular weight excluding hydrogens is 524 g/mol. The van der Waals surface area contributed by atoms with Gasteiger partial charge in [0.05, 0.1) is 28.9 Å². The van der Waals surface area contributed by atoms with Crippen LogP contribution in [0.25, 0.3) is 0 Å². The summed E-state index contributed by atoms with van der Waals surface area (Å²) in [6.07, 6.45) is 1.47. The first-order chi connectivity index (χ1) is 17.5. The van der Waals surface area contributed by atoms with Gasteiger partial charge in [-0.1, -0.05) is 23.2 Å². The highest BCUT2D eigenvalue weighted by Crippen LogP contribution is 2.37. The Hall–Kier alpha value is -3.01. The number of nitrogens with one attached hydrogen (secondary N) is 2. The van der Waals surface area contributed by atoms with Crippen LogP contribution in [0, 0.1) is 5.82 Å². The lowest BCUT2D eigenvalue weighted by Gasteiger charge is -2.40. The highest BCUT2D eigenvalue weighted by atomic mass is 35.5. The molecule has 198 valence electrons. The number of hydrogen-bond donors (Lipinski definition) is 2. The van der Waals surface area contributed by atoms with Crippen molar-refractivity contribution in [2.75, 3.05) is 31.7 Å². The number of methoxy groups -OCH3 is 1. The van der Waals surface area contributed by atoms with Crippen molar-refractivity contribution in [2.45, 2.75) is 38.0 Å². The predicted octanol–water partition coefficient (Wildman–Crippen LogP) is 4.09. The molecule has 0 radical (unpaired) electrons. The highest BCUT2D eigenvalue weighted by molar-refractivity contribution is 6.31. The second kappa shape index (κ2) is 11.2. The maximum Gasteiger partial charge on any atom is 0.263 e. The van der Waals surface area contributed by atoms with Crippen LogP contribution in [0.1, 0.15) is 20.3 Å². The van der Waals surface area contributed by atoms with E-state index in [4.69, 9.17) is 37.4 Å². The lowest BCUT2D eigenvalue weighted by Crippen LogP contribution is -2.54. The maximum atomic E-state index is 13.5. The van der Waals surface area contributed by atoms with Gasteiger partial charge in [0.15, 0.2) is 12.7 Å². The van der Waals surface area contributed by atoms with E-state index in [9.17, 15) is 14.0 Å². The topological polar surface area (TPSA) is 89.1 Å². The average molecular weight is 552 g/mol. The number of benzene rings is 2. The van der Waals surface area contributed by atoms with Crippen LogP contribution in [0.2, 0.25) is 10.0 Å². The normalized spacial score (nSPS) is 18.6. The van der Waals surface area contributed by atoms with Gasteiger partial charge in [-0.25, -0.2) is 4.39 Å². The van der Waals surface area contributed by atoms with Crippen LogP contribution in [0.15, 0.2) is 48.2 Å². The molecule has 2 aliphatic rings. The van der Waals surface area contributed by atoms with Gasteiger partial charge in [-0.3, -0.25) is 9.59 Å². The minimum atomic E-state index is -0.735. The quantitative estimate of drug-likeness (QED) is 0.488. The van der Waals surface area contributed by atoms with Crippen molar-refractivity contribution in [3.05, 3.63) is 64.0 Å². The number of fused-ring (bicyclic) bond motifs is 1. The zero-order valence-corrected chi connectivity index (χ0v) is 22.2. The van der Waals surface area contributed by atoms with Crippen molar-refractivity contribution in [3.63, 3.8) is 0 Å². The lowest BCUT2D eigenvalue weighted by atomic mass is 9.98. The van der Waals surface area contributed by atoms with Crippen molar-refractivity contribution in [1.29, 1.82) is 0 Å². The molecule has 2 N–H and O–H groups in total. The third-order valence-electron chi connectivity index (χ3n) is 6.06. The van der Waals surface area contributed by atoms with E-state index in [2.05, 4.69) is 10.6 Å². The van der Waals surface area contributed by atoms with E-state index in [1.165, 1.54) is 12.1 Å². The number of amides is 2. The minimum Gasteiger partial charge on any atom is -0.484 e. The number of halogens is 3. The average Bonchev–Trinajstić information content (AvgIpc) is 2.83. The summed E-state index contributed by atoms with van der Waals surface area (Å²) in [6, 6.07) is 8.99. The van der Waals surface area contributed by atoms with Gasteiger partial charge >= 0.3 is 0 Å². The first kappa shape index (κ1) is 27.0. The summed E-state index contributed by atoms with van der Waals surface area (Å²) in [6.45, 7) is 4.51. The Morgan fingerprint density at radius 2 is 1.97 bits per heavy atom. The summed E-state index contributed by atoms with van der Waals surface area (Å²) >= 11 is 11.8. The summed E-state index contributed by atoms with van der Waals surface area (Å²) < 4.78 is 30.3. The summed E-state index contributed by atoms with van der Waals surface area (Å²) in [5.41, 5.74) is 1.01. The van der Waals surface area contributed by atoms with Gasteiger partial charge in [0, 0.05) is 36.9 Å². The molecule has 0 bridgehead atoms. The SMILES string of the molecule is COC(C)(C)CN1C[C@@H](C(=O)NC2C=C(NC(=O)COc3ccc(Cl)c(F)c3)C2)Oc2ccc(Cl)cc21. The molecule has 2 aromatic rings. The van der Waals surface area contributed by atoms with Crippen LogP contribution in [0.3, 0.4) is 0 Å². The zero-order chi connectivity index (χ0) is 26.7. The zero-order valence-electron chi connectivity index (χ0n) is 20.6. The fourth-order valence-electron chi connectivity index (χ4n) is 3.97. The van der Waals surface area contributed by atoms with Crippen LogP contribution in [-0.2, 0) is 14.3 Å². The number of rotatable bonds is 9. The fraction of sp³-hybridized carbons (Fsp3) is 0.385. The molecule has 0 aromatic heterocycles. The van der Waals surface area contributed by atoms with E-state index in [1.54, 1.807) is 25.3 Å². The molecule has 0 saturated heterocycles. The number of anilines is 1. The Morgan fingerprint density at radius 3 is 2.68 bits per heavy atom. The van der Waals surface area contributed by atoms with Crippen LogP contribution in [0.4, 0.5) is 10.1 Å². The molecule has 0 saturated carbocycles. The first-order valence-electron chi connectivity index (χ1n) is 11.7. The van der Waals surface area contributed by atoms with Crippen molar-refractivity contribution < 1.29 is 28.2 Å². The molecule has 1 heterocycles. The highest BCUT2D eigenvalue weighted by Gasteiger charge is 2.35.